The molecule has 0 saturated carbocycles. The van der Waals surface area contributed by atoms with E-state index in [2.05, 4.69) is 21.2 Å². The molecule has 0 unspecified atom stereocenters. The second-order valence-electron chi connectivity index (χ2n) is 13.2. The summed E-state index contributed by atoms with van der Waals surface area (Å²) in [6.07, 6.45) is -0.720. The van der Waals surface area contributed by atoms with Gasteiger partial charge in [-0.25, -0.2) is 9.59 Å². The highest BCUT2D eigenvalue weighted by molar-refractivity contribution is 9.10. The summed E-state index contributed by atoms with van der Waals surface area (Å²) >= 11 is 3.52. The van der Waals surface area contributed by atoms with Crippen molar-refractivity contribution in [2.24, 2.45) is 0 Å². The van der Waals surface area contributed by atoms with Gasteiger partial charge in [-0.05, 0) is 93.1 Å². The lowest BCUT2D eigenvalue weighted by Gasteiger charge is -2.30. The normalized spacial score (nSPS) is 15.0. The molecule has 2 atom stereocenters. The molecular formula is C38H39BrN4O8. The van der Waals surface area contributed by atoms with Gasteiger partial charge in [-0.1, -0.05) is 40.2 Å². The molecule has 0 bridgehead atoms. The number of anilines is 2. The standard InChI is InChI=1S/C38H39BrN4O8/c1-22(41(5)37(49)51-38(2,3)4)33(44)40-29-21-43(34(45)23-11-13-24(14-12-23)36(47)48)31-10-8-7-9-30(31)42(35(29)46)20-28-27-17-16-26(39)19-25(27)15-18-32(28)50-6/h7-19,22,29H,20-21H2,1-6H3,(H,40,44)(H,47,48)/t22-,29-/m0/s1. The number of carbonyl (C=O) groups excluding carboxylic acids is 4. The monoisotopic (exact) mass is 758 g/mol. The fourth-order valence-electron chi connectivity index (χ4n) is 5.78. The number of carbonyl (C=O) groups is 5. The Labute approximate surface area is 304 Å². The zero-order valence-electron chi connectivity index (χ0n) is 29.1. The number of fused-ring (bicyclic) bond motifs is 2. The number of methoxy groups -OCH3 is 1. The van der Waals surface area contributed by atoms with Crippen molar-refractivity contribution in [2.45, 2.75) is 51.9 Å². The number of likely N-dealkylation sites (N-methyl/N-ethyl adjacent to an activating group) is 1. The lowest BCUT2D eigenvalue weighted by Crippen LogP contribution is -2.57. The van der Waals surface area contributed by atoms with E-state index in [0.29, 0.717) is 22.7 Å². The second kappa shape index (κ2) is 14.8. The van der Waals surface area contributed by atoms with E-state index in [-0.39, 0.29) is 24.2 Å². The van der Waals surface area contributed by atoms with Crippen LogP contribution in [0.3, 0.4) is 0 Å². The average Bonchev–Trinajstić information content (AvgIpc) is 3.20. The molecule has 1 aliphatic heterocycles. The SMILES string of the molecule is COc1ccc2cc(Br)ccc2c1CN1C(=O)[C@@H](NC(=O)[C@H](C)N(C)C(=O)OC(C)(C)C)CN(C(=O)c2ccc(C(=O)O)cc2)c2ccccc21. The average molecular weight is 760 g/mol. The summed E-state index contributed by atoms with van der Waals surface area (Å²) in [4.78, 5) is 71.1. The van der Waals surface area contributed by atoms with Crippen LogP contribution >= 0.6 is 15.9 Å². The first-order valence-electron chi connectivity index (χ1n) is 16.2. The fraction of sp³-hybridized carbons (Fsp3) is 0.289. The minimum atomic E-state index is -1.27. The lowest BCUT2D eigenvalue weighted by molar-refractivity contribution is -0.130. The Morgan fingerprint density at radius 1 is 0.980 bits per heavy atom. The summed E-state index contributed by atoms with van der Waals surface area (Å²) in [5, 5.41) is 13.9. The third-order valence-corrected chi connectivity index (χ3v) is 9.05. The Kier molecular flexibility index (Phi) is 10.7. The number of aromatic carboxylic acids is 1. The molecule has 1 aliphatic rings. The van der Waals surface area contributed by atoms with Crippen molar-refractivity contribution >= 4 is 67.9 Å². The Bertz CT molecular complexity index is 2010. The summed E-state index contributed by atoms with van der Waals surface area (Å²) in [6.45, 7) is 6.41. The summed E-state index contributed by atoms with van der Waals surface area (Å²) in [7, 11) is 2.97. The molecule has 12 nitrogen and oxygen atoms in total. The molecule has 0 saturated heterocycles. The quantitative estimate of drug-likeness (QED) is 0.215. The first-order valence-corrected chi connectivity index (χ1v) is 17.0. The number of para-hydroxylation sites is 2. The highest BCUT2D eigenvalue weighted by Crippen LogP contribution is 2.38. The van der Waals surface area contributed by atoms with E-state index < -0.39 is 47.5 Å². The van der Waals surface area contributed by atoms with Crippen LogP contribution in [0.2, 0.25) is 0 Å². The van der Waals surface area contributed by atoms with Crippen LogP contribution in [0.15, 0.2) is 83.3 Å². The molecule has 0 spiro atoms. The van der Waals surface area contributed by atoms with Crippen LogP contribution in [0.1, 0.15) is 54.0 Å². The molecular weight excluding hydrogens is 720 g/mol. The predicted molar refractivity (Wildman–Crippen MR) is 196 cm³/mol. The molecule has 0 radical (unpaired) electrons. The number of halogens is 1. The second-order valence-corrected chi connectivity index (χ2v) is 14.1. The van der Waals surface area contributed by atoms with Crippen molar-refractivity contribution in [3.8, 4) is 5.75 Å². The summed E-state index contributed by atoms with van der Waals surface area (Å²) in [6, 6.07) is 19.6. The van der Waals surface area contributed by atoms with Crippen molar-refractivity contribution in [1.82, 2.24) is 10.2 Å². The van der Waals surface area contributed by atoms with Crippen LogP contribution < -0.4 is 19.9 Å². The minimum absolute atomic E-state index is 0.00784. The number of carboxylic acid groups (broad SMARTS) is 1. The number of nitrogens with one attached hydrogen (secondary N) is 1. The van der Waals surface area contributed by atoms with Gasteiger partial charge in [0.05, 0.1) is 37.1 Å². The van der Waals surface area contributed by atoms with E-state index in [0.717, 1.165) is 20.1 Å². The topological polar surface area (TPSA) is 146 Å². The number of hydrogen-bond donors (Lipinski definition) is 2. The number of rotatable bonds is 8. The predicted octanol–water partition coefficient (Wildman–Crippen LogP) is 6.24. The number of amides is 4. The van der Waals surface area contributed by atoms with Crippen molar-refractivity contribution in [2.75, 3.05) is 30.5 Å². The molecule has 13 heteroatoms. The maximum absolute atomic E-state index is 14.7. The van der Waals surface area contributed by atoms with Gasteiger partial charge in [0.15, 0.2) is 0 Å². The molecule has 4 aromatic rings. The zero-order chi connectivity index (χ0) is 37.2. The van der Waals surface area contributed by atoms with E-state index in [9.17, 15) is 29.1 Å². The van der Waals surface area contributed by atoms with Crippen LogP contribution in [-0.4, -0.2) is 78.2 Å². The largest absolute Gasteiger partial charge is 0.496 e. The van der Waals surface area contributed by atoms with Crippen LogP contribution in [-0.2, 0) is 20.9 Å². The highest BCUT2D eigenvalue weighted by atomic mass is 79.9. The molecule has 51 heavy (non-hydrogen) atoms. The number of benzene rings is 4. The van der Waals surface area contributed by atoms with E-state index in [1.165, 1.54) is 48.0 Å². The van der Waals surface area contributed by atoms with Gasteiger partial charge in [-0.2, -0.15) is 0 Å². The van der Waals surface area contributed by atoms with Crippen molar-refractivity contribution in [3.63, 3.8) is 0 Å². The van der Waals surface area contributed by atoms with E-state index in [1.54, 1.807) is 52.1 Å². The molecule has 1 heterocycles. The molecule has 266 valence electrons. The van der Waals surface area contributed by atoms with Gasteiger partial charge in [-0.3, -0.25) is 19.3 Å². The van der Waals surface area contributed by atoms with Crippen LogP contribution in [0.5, 0.6) is 5.75 Å². The van der Waals surface area contributed by atoms with Gasteiger partial charge in [0.2, 0.25) is 5.91 Å². The number of ether oxygens (including phenoxy) is 2. The third-order valence-electron chi connectivity index (χ3n) is 8.56. The first-order chi connectivity index (χ1) is 24.1. The van der Waals surface area contributed by atoms with Crippen molar-refractivity contribution < 1.29 is 38.6 Å². The molecule has 4 aromatic carbocycles. The summed E-state index contributed by atoms with van der Waals surface area (Å²) in [5.74, 6) is -2.26. The Morgan fingerprint density at radius 3 is 2.25 bits per heavy atom. The van der Waals surface area contributed by atoms with Gasteiger partial charge >= 0.3 is 12.1 Å². The fourth-order valence-corrected chi connectivity index (χ4v) is 6.16. The van der Waals surface area contributed by atoms with Gasteiger partial charge in [0, 0.05) is 22.6 Å². The molecule has 0 fully saturated rings. The molecule has 0 aromatic heterocycles. The lowest BCUT2D eigenvalue weighted by atomic mass is 10.0. The van der Waals surface area contributed by atoms with Crippen LogP contribution in [0, 0.1) is 0 Å². The summed E-state index contributed by atoms with van der Waals surface area (Å²) in [5.41, 5.74) is 0.903. The highest BCUT2D eigenvalue weighted by Gasteiger charge is 2.39. The maximum atomic E-state index is 14.7. The van der Waals surface area contributed by atoms with Gasteiger partial charge in [0.25, 0.3) is 11.8 Å². The van der Waals surface area contributed by atoms with E-state index >= 15 is 0 Å². The molecule has 5 rings (SSSR count). The van der Waals surface area contributed by atoms with Gasteiger partial charge in [-0.15, -0.1) is 0 Å². The van der Waals surface area contributed by atoms with Gasteiger partial charge in [0.1, 0.15) is 23.4 Å². The number of nitrogens with zero attached hydrogens (tertiary/aromatic N) is 3. The van der Waals surface area contributed by atoms with Crippen molar-refractivity contribution in [1.29, 1.82) is 0 Å². The molecule has 2 N–H and O–H groups in total. The Balaban J connectivity index is 1.59. The zero-order valence-corrected chi connectivity index (χ0v) is 30.7. The van der Waals surface area contributed by atoms with Crippen LogP contribution in [0.4, 0.5) is 16.2 Å². The molecule has 4 amide bonds. The number of carboxylic acids is 1. The first kappa shape index (κ1) is 36.8. The number of hydrogen-bond acceptors (Lipinski definition) is 7. The van der Waals surface area contributed by atoms with Gasteiger partial charge < -0.3 is 29.7 Å². The van der Waals surface area contributed by atoms with E-state index in [4.69, 9.17) is 9.47 Å². The smallest absolute Gasteiger partial charge is 0.410 e. The summed E-state index contributed by atoms with van der Waals surface area (Å²) < 4.78 is 12.1. The van der Waals surface area contributed by atoms with E-state index in [1.807, 2.05) is 30.3 Å². The minimum Gasteiger partial charge on any atom is -0.496 e. The van der Waals surface area contributed by atoms with Crippen molar-refractivity contribution in [3.05, 3.63) is 100 Å². The third kappa shape index (κ3) is 7.99. The Morgan fingerprint density at radius 2 is 1.63 bits per heavy atom. The molecule has 0 aliphatic carbocycles. The maximum Gasteiger partial charge on any atom is 0.410 e. The Hall–Kier alpha value is -5.43. The van der Waals surface area contributed by atoms with Crippen LogP contribution in [0.25, 0.3) is 10.8 Å².